The molecule has 0 unspecified atom stereocenters. The van der Waals surface area contributed by atoms with Gasteiger partial charge >= 0.3 is 0 Å². The Morgan fingerprint density at radius 3 is 0.800 bits per heavy atom. The van der Waals surface area contributed by atoms with Gasteiger partial charge in [0, 0.05) is 24.8 Å². The summed E-state index contributed by atoms with van der Waals surface area (Å²) in [5.74, 6) is 0. The van der Waals surface area contributed by atoms with E-state index in [1.54, 1.807) is 0 Å². The van der Waals surface area contributed by atoms with E-state index in [0.29, 0.717) is 0 Å². The number of hydrogen-bond donors (Lipinski definition) is 1. The van der Waals surface area contributed by atoms with Crippen LogP contribution in [0.2, 0.25) is 0 Å². The Bertz CT molecular complexity index is 16.7. The largest absolute Gasteiger partial charge is 0.412 e. The van der Waals surface area contributed by atoms with Crippen LogP contribution in [0.5, 0.6) is 0 Å². The summed E-state index contributed by atoms with van der Waals surface area (Å²) in [5, 5.41) is 8.38. The maximum absolute atomic E-state index is 8.12. The Kier molecular flexibility index (Phi) is 20600. The first-order chi connectivity index (χ1) is 1.41. The second kappa shape index (κ2) is 867. The van der Waals surface area contributed by atoms with Crippen molar-refractivity contribution in [1.82, 2.24) is 0 Å². The molecule has 0 saturated carbocycles. The van der Waals surface area contributed by atoms with Gasteiger partial charge in [-0.3, -0.25) is 10.1 Å². The molecule has 0 spiro atoms. The molecule has 10 heavy (non-hydrogen) atoms. The van der Waals surface area contributed by atoms with Crippen molar-refractivity contribution >= 4 is 0 Å². The Morgan fingerprint density at radius 2 is 0.800 bits per heavy atom. The Morgan fingerprint density at radius 1 is 0.800 bits per heavy atom. The minimum atomic E-state index is 0. The average Bonchev–Trinajstić information content (AvgIpc) is 0.918. The van der Waals surface area contributed by atoms with E-state index < -0.39 is 0 Å². The summed E-state index contributed by atoms with van der Waals surface area (Å²) < 4.78 is 0. The molecule has 68 valence electrons. The Labute approximate surface area is 68.6 Å². The van der Waals surface area contributed by atoms with Crippen LogP contribution in [-0.4, -0.2) is 32.9 Å². The molecule has 9 nitrogen and oxygen atoms in total. The molecule has 0 bridgehead atoms. The average molecular weight is 220 g/mol. The maximum atomic E-state index is 8.12. The van der Waals surface area contributed by atoms with Crippen LogP contribution >= 0.6 is 0 Å². The quantitative estimate of drug-likeness (QED) is 0.237. The molecular formula is H13NO8Zn. The number of nitrogens with one attached hydrogen (secondary N) is 1. The smallest absolute Gasteiger partial charge is 0.00366 e. The zero-order chi connectivity index (χ0) is 2.71. The monoisotopic (exact) mass is 219 g/mol. The van der Waals surface area contributed by atoms with Crippen molar-refractivity contribution in [3.63, 3.8) is 0 Å². The molecule has 0 aliphatic carbocycles. The van der Waals surface area contributed by atoms with E-state index in [1.165, 1.54) is 0 Å². The SMILES string of the molecule is O.O.O.O.O.O.O=[NH+][O-].[Zn]. The predicted octanol–water partition coefficient (Wildman–Crippen LogP) is -6.62. The number of hydrogen-bond acceptors (Lipinski definition) is 2. The minimum Gasteiger partial charge on any atom is -0.412 e. The van der Waals surface area contributed by atoms with Gasteiger partial charge in [0.15, 0.2) is 0 Å². The molecule has 0 saturated heterocycles. The summed E-state index contributed by atoms with van der Waals surface area (Å²) in [7, 11) is 0. The fourth-order valence-corrected chi connectivity index (χ4v) is 0. The standard InChI is InChI=1S/HNO2.6H2O.Zn/c2-1-3;;;;;;;/h1H;6*1H2;. The van der Waals surface area contributed by atoms with Crippen LogP contribution in [0.4, 0.5) is 0 Å². The molecule has 0 amide bonds. The molecule has 0 atom stereocenters. The third-order valence-electron chi connectivity index (χ3n) is 0. The topological polar surface area (TPSA) is 243 Å². The molecule has 0 rings (SSSR count). The normalized spacial score (nSPS) is 1.20. The van der Waals surface area contributed by atoms with Gasteiger partial charge in [-0.2, -0.15) is 0 Å². The summed E-state index contributed by atoms with van der Waals surface area (Å²) in [6.45, 7) is 0. The van der Waals surface area contributed by atoms with Gasteiger partial charge in [0.05, 0.1) is 0 Å². The summed E-state index contributed by atoms with van der Waals surface area (Å²) in [6, 6.07) is 0. The van der Waals surface area contributed by atoms with Crippen LogP contribution in [0.1, 0.15) is 0 Å². The minimum absolute atomic E-state index is 0. The molecule has 0 aliphatic heterocycles. The molecule has 0 aromatic heterocycles. The van der Waals surface area contributed by atoms with Crippen LogP contribution in [0.25, 0.3) is 0 Å². The van der Waals surface area contributed by atoms with Gasteiger partial charge in [0.25, 0.3) is 0 Å². The molecule has 0 aromatic rings. The first-order valence-electron chi connectivity index (χ1n) is 0.408. The summed E-state index contributed by atoms with van der Waals surface area (Å²) in [4.78, 5) is 8.12. The Balaban J connectivity index is -0.000000000952. The summed E-state index contributed by atoms with van der Waals surface area (Å²) in [5.41, 5.74) is 0. The van der Waals surface area contributed by atoms with E-state index in [2.05, 4.69) is 0 Å². The van der Waals surface area contributed by atoms with Crippen molar-refractivity contribution in [1.29, 1.82) is 0 Å². The first kappa shape index (κ1) is 237. The fraction of sp³-hybridized carbons (Fsp3) is 0. The van der Waals surface area contributed by atoms with Gasteiger partial charge in [0.1, 0.15) is 0 Å². The van der Waals surface area contributed by atoms with Gasteiger partial charge in [0.2, 0.25) is 0 Å². The third-order valence-corrected chi connectivity index (χ3v) is 0. The van der Waals surface area contributed by atoms with Crippen molar-refractivity contribution in [2.45, 2.75) is 0 Å². The Hall–Kier alpha value is -0.217. The summed E-state index contributed by atoms with van der Waals surface area (Å²) in [6.07, 6.45) is 0. The van der Waals surface area contributed by atoms with Crippen LogP contribution in [-0.2, 0) is 19.5 Å². The predicted molar refractivity (Wildman–Crippen MR) is 29.4 cm³/mol. The molecule has 0 heterocycles. The molecule has 13 N–H and O–H groups in total. The fourth-order valence-electron chi connectivity index (χ4n) is 0. The van der Waals surface area contributed by atoms with Crippen LogP contribution in [0.3, 0.4) is 0 Å². The molecule has 0 aromatic carbocycles. The second-order valence-electron chi connectivity index (χ2n) is 0.0833. The van der Waals surface area contributed by atoms with Gasteiger partial charge in [-0.05, 0) is 0 Å². The molecule has 10 heteroatoms. The van der Waals surface area contributed by atoms with E-state index >= 15 is 0 Å². The zero-order valence-corrected chi connectivity index (χ0v) is 7.99. The second-order valence-corrected chi connectivity index (χ2v) is 0.0833. The maximum Gasteiger partial charge on any atom is 0.00366 e. The van der Waals surface area contributed by atoms with Crippen molar-refractivity contribution in [3.8, 4) is 0 Å². The van der Waals surface area contributed by atoms with Crippen LogP contribution in [0.15, 0.2) is 0 Å². The number of rotatable bonds is 0. The van der Waals surface area contributed by atoms with E-state index in [0.717, 1.165) is 0 Å². The van der Waals surface area contributed by atoms with Crippen molar-refractivity contribution < 1.29 is 57.7 Å². The van der Waals surface area contributed by atoms with E-state index in [1.807, 2.05) is 0 Å². The third kappa shape index (κ3) is 7630. The molecule has 0 radical (unpaired) electrons. The van der Waals surface area contributed by atoms with Crippen LogP contribution < -0.4 is 5.34 Å². The molecule has 0 fully saturated rings. The van der Waals surface area contributed by atoms with Gasteiger partial charge in [-0.15, -0.1) is 0 Å². The molecule has 0 aliphatic rings. The van der Waals surface area contributed by atoms with E-state index in [9.17, 15) is 0 Å². The van der Waals surface area contributed by atoms with Gasteiger partial charge < -0.3 is 32.9 Å². The van der Waals surface area contributed by atoms with Crippen molar-refractivity contribution in [2.75, 3.05) is 0 Å². The van der Waals surface area contributed by atoms with E-state index in [4.69, 9.17) is 10.1 Å². The zero-order valence-electron chi connectivity index (χ0n) is 5.02. The van der Waals surface area contributed by atoms with E-state index in [-0.39, 0.29) is 57.7 Å². The van der Waals surface area contributed by atoms with Crippen LogP contribution in [0, 0.1) is 10.1 Å². The summed E-state index contributed by atoms with van der Waals surface area (Å²) >= 11 is 0. The van der Waals surface area contributed by atoms with Crippen molar-refractivity contribution in [2.24, 2.45) is 0 Å². The van der Waals surface area contributed by atoms with Crippen molar-refractivity contribution in [3.05, 3.63) is 10.1 Å². The van der Waals surface area contributed by atoms with Gasteiger partial charge in [-0.1, -0.05) is 0 Å². The molecular weight excluding hydrogens is 207 g/mol. The van der Waals surface area contributed by atoms with Gasteiger partial charge in [-0.25, -0.2) is 0 Å². The first-order valence-corrected chi connectivity index (χ1v) is 0.408.